The first-order valence-electron chi connectivity index (χ1n) is 8.33. The number of benzene rings is 2. The maximum Gasteiger partial charge on any atom is 0.265 e. The summed E-state index contributed by atoms with van der Waals surface area (Å²) < 4.78 is 42.7. The summed E-state index contributed by atoms with van der Waals surface area (Å²) in [4.78, 5) is 4.30. The molecule has 0 saturated carbocycles. The normalized spacial score (nSPS) is 11.9. The van der Waals surface area contributed by atoms with E-state index in [-0.39, 0.29) is 12.2 Å². The molecule has 0 bridgehead atoms. The minimum atomic E-state index is -4.07. The monoisotopic (exact) mass is 383 g/mol. The Balaban J connectivity index is 1.88. The molecule has 0 unspecified atom stereocenters. The van der Waals surface area contributed by atoms with Crippen LogP contribution in [0.15, 0.2) is 59.3 Å². The molecule has 2 aromatic heterocycles. The smallest absolute Gasteiger partial charge is 0.265 e. The fourth-order valence-electron chi connectivity index (χ4n) is 3.18. The third kappa shape index (κ3) is 3.51. The Bertz CT molecular complexity index is 1210. The van der Waals surface area contributed by atoms with E-state index in [9.17, 15) is 8.42 Å². The van der Waals surface area contributed by atoms with Crippen LogP contribution >= 0.6 is 0 Å². The van der Waals surface area contributed by atoms with Gasteiger partial charge in [0.1, 0.15) is 17.1 Å². The lowest BCUT2D eigenvalue weighted by Crippen LogP contribution is -2.07. The lowest BCUT2D eigenvalue weighted by Gasteiger charge is -2.11. The molecular formula is C20H17NO5S. The van der Waals surface area contributed by atoms with Gasteiger partial charge in [-0.2, -0.15) is 8.42 Å². The summed E-state index contributed by atoms with van der Waals surface area (Å²) in [5.74, 6) is 0.856. The van der Waals surface area contributed by atoms with Gasteiger partial charge >= 0.3 is 0 Å². The second kappa shape index (κ2) is 6.68. The van der Waals surface area contributed by atoms with Crippen molar-refractivity contribution >= 4 is 31.9 Å². The van der Waals surface area contributed by atoms with Crippen molar-refractivity contribution in [3.8, 4) is 17.1 Å². The van der Waals surface area contributed by atoms with Gasteiger partial charge in [0.05, 0.1) is 12.9 Å². The van der Waals surface area contributed by atoms with Gasteiger partial charge in [0.15, 0.2) is 0 Å². The number of rotatable bonds is 5. The fourth-order valence-corrected chi connectivity index (χ4v) is 3.66. The molecule has 0 amide bonds. The van der Waals surface area contributed by atoms with Gasteiger partial charge in [-0.05, 0) is 41.6 Å². The van der Waals surface area contributed by atoms with Crippen molar-refractivity contribution in [1.29, 1.82) is 0 Å². The summed E-state index contributed by atoms with van der Waals surface area (Å²) in [7, 11) is -2.54. The van der Waals surface area contributed by atoms with Crippen molar-refractivity contribution < 1.29 is 22.1 Å². The molecular weight excluding hydrogens is 366 g/mol. The second-order valence-corrected chi connectivity index (χ2v) is 7.83. The summed E-state index contributed by atoms with van der Waals surface area (Å²) in [5.41, 5.74) is 2.27. The molecule has 7 heteroatoms. The highest BCUT2D eigenvalue weighted by Crippen LogP contribution is 2.35. The largest absolute Gasteiger partial charge is 0.496 e. The number of pyridine rings is 1. The van der Waals surface area contributed by atoms with E-state index in [0.29, 0.717) is 17.1 Å². The van der Waals surface area contributed by atoms with Crippen molar-refractivity contribution in [2.24, 2.45) is 0 Å². The zero-order chi connectivity index (χ0) is 19.0. The van der Waals surface area contributed by atoms with E-state index in [0.717, 1.165) is 27.3 Å². The summed E-state index contributed by atoms with van der Waals surface area (Å²) in [6.45, 7) is 0. The molecule has 4 rings (SSSR count). The Hall–Kier alpha value is -2.90. The number of hydrogen-bond acceptors (Lipinski definition) is 5. The van der Waals surface area contributed by atoms with Crippen LogP contribution in [-0.2, 0) is 16.5 Å². The van der Waals surface area contributed by atoms with Crippen LogP contribution in [-0.4, -0.2) is 30.8 Å². The Morgan fingerprint density at radius 1 is 1.11 bits per heavy atom. The molecule has 0 radical (unpaired) electrons. The molecule has 0 aliphatic carbocycles. The van der Waals surface area contributed by atoms with Crippen LogP contribution in [0.2, 0.25) is 0 Å². The predicted molar refractivity (Wildman–Crippen MR) is 104 cm³/mol. The Kier molecular flexibility index (Phi) is 4.33. The van der Waals surface area contributed by atoms with E-state index in [2.05, 4.69) is 4.98 Å². The molecule has 27 heavy (non-hydrogen) atoms. The van der Waals surface area contributed by atoms with Crippen LogP contribution in [0, 0.1) is 0 Å². The summed E-state index contributed by atoms with van der Waals surface area (Å²) >= 11 is 0. The van der Waals surface area contributed by atoms with E-state index in [4.69, 9.17) is 13.7 Å². The number of aromatic nitrogens is 1. The molecule has 0 aliphatic rings. The number of nitrogens with zero attached hydrogens (tertiary/aromatic N) is 1. The minimum Gasteiger partial charge on any atom is -0.496 e. The van der Waals surface area contributed by atoms with E-state index in [1.165, 1.54) is 7.11 Å². The van der Waals surface area contributed by atoms with Gasteiger partial charge in [-0.15, -0.1) is 0 Å². The minimum absolute atomic E-state index is 0.139. The zero-order valence-electron chi connectivity index (χ0n) is 14.5. The Labute approximate surface area is 156 Å². The van der Waals surface area contributed by atoms with Gasteiger partial charge in [0, 0.05) is 28.7 Å². The molecule has 0 aliphatic heterocycles. The van der Waals surface area contributed by atoms with Gasteiger partial charge < -0.3 is 9.15 Å². The quantitative estimate of drug-likeness (QED) is 0.522. The van der Waals surface area contributed by atoms with Gasteiger partial charge in [-0.3, -0.25) is 9.54 Å². The molecule has 2 aromatic carbocycles. The van der Waals surface area contributed by atoms with E-state index in [1.54, 1.807) is 12.4 Å². The highest BCUT2D eigenvalue weighted by molar-refractivity contribution is 7.85. The third-order valence-electron chi connectivity index (χ3n) is 4.48. The number of furan rings is 1. The number of aryl methyl sites for hydroxylation is 1. The Morgan fingerprint density at radius 2 is 1.93 bits per heavy atom. The van der Waals surface area contributed by atoms with E-state index < -0.39 is 10.1 Å². The van der Waals surface area contributed by atoms with E-state index in [1.807, 2.05) is 42.5 Å². The van der Waals surface area contributed by atoms with Crippen LogP contribution in [0.5, 0.6) is 5.75 Å². The number of fused-ring (bicyclic) bond motifs is 2. The summed E-state index contributed by atoms with van der Waals surface area (Å²) in [6, 6.07) is 13.4. The van der Waals surface area contributed by atoms with Crippen LogP contribution in [0.4, 0.5) is 0 Å². The number of para-hydroxylation sites is 1. The Morgan fingerprint density at radius 3 is 2.67 bits per heavy atom. The molecule has 2 heterocycles. The molecule has 0 spiro atoms. The third-order valence-corrected chi connectivity index (χ3v) is 5.20. The molecule has 0 saturated heterocycles. The first kappa shape index (κ1) is 17.5. The van der Waals surface area contributed by atoms with Gasteiger partial charge in [0.25, 0.3) is 10.1 Å². The number of hydrogen-bond donors (Lipinski definition) is 1. The molecule has 4 aromatic rings. The predicted octanol–water partition coefficient (Wildman–Crippen LogP) is 4.09. The average molecular weight is 383 g/mol. The fraction of sp³-hybridized carbons (Fsp3) is 0.150. The van der Waals surface area contributed by atoms with Crippen LogP contribution in [0.25, 0.3) is 33.1 Å². The van der Waals surface area contributed by atoms with Crippen molar-refractivity contribution in [1.82, 2.24) is 4.98 Å². The van der Waals surface area contributed by atoms with Crippen molar-refractivity contribution in [2.45, 2.75) is 6.42 Å². The van der Waals surface area contributed by atoms with Gasteiger partial charge in [-0.25, -0.2) is 0 Å². The second-order valence-electron chi connectivity index (χ2n) is 6.26. The van der Waals surface area contributed by atoms with Crippen LogP contribution < -0.4 is 4.74 Å². The standard InChI is InChI=1S/C20H17NO5S/c1-25-19-10-15-11-21-12-17(16(15)8-14(19)6-7-27(22,23)24)20-9-13-4-2-3-5-18(13)26-20/h2-5,8-12H,6-7H2,1H3,(H,22,23,24). The lowest BCUT2D eigenvalue weighted by atomic mass is 10.0. The molecule has 0 atom stereocenters. The average Bonchev–Trinajstić information content (AvgIpc) is 3.08. The first-order valence-corrected chi connectivity index (χ1v) is 9.94. The number of ether oxygens (including phenoxy) is 1. The molecule has 0 fully saturated rings. The first-order chi connectivity index (χ1) is 12.9. The van der Waals surface area contributed by atoms with Crippen molar-refractivity contribution in [2.75, 3.05) is 12.9 Å². The highest BCUT2D eigenvalue weighted by Gasteiger charge is 2.15. The highest BCUT2D eigenvalue weighted by atomic mass is 32.2. The van der Waals surface area contributed by atoms with Crippen molar-refractivity contribution in [3.05, 3.63) is 60.4 Å². The molecule has 6 nitrogen and oxygen atoms in total. The van der Waals surface area contributed by atoms with Crippen LogP contribution in [0.3, 0.4) is 0 Å². The molecule has 138 valence electrons. The zero-order valence-corrected chi connectivity index (χ0v) is 15.4. The van der Waals surface area contributed by atoms with E-state index >= 15 is 0 Å². The SMILES string of the molecule is COc1cc2cncc(-c3cc4ccccc4o3)c2cc1CCS(=O)(=O)O. The maximum atomic E-state index is 11.1. The van der Waals surface area contributed by atoms with Crippen LogP contribution in [0.1, 0.15) is 5.56 Å². The van der Waals surface area contributed by atoms with Crippen molar-refractivity contribution in [3.63, 3.8) is 0 Å². The summed E-state index contributed by atoms with van der Waals surface area (Å²) in [6.07, 6.45) is 3.58. The van der Waals surface area contributed by atoms with Gasteiger partial charge in [0.2, 0.25) is 0 Å². The maximum absolute atomic E-state index is 11.1. The molecule has 1 N–H and O–H groups in total. The summed E-state index contributed by atoms with van der Waals surface area (Å²) in [5, 5.41) is 2.71. The van der Waals surface area contributed by atoms with Gasteiger partial charge in [-0.1, -0.05) is 18.2 Å². The number of methoxy groups -OCH3 is 1. The topological polar surface area (TPSA) is 89.6 Å². The lowest BCUT2D eigenvalue weighted by molar-refractivity contribution is 0.410.